The second-order valence-corrected chi connectivity index (χ2v) is 5.78. The maximum atomic E-state index is 12.2. The van der Waals surface area contributed by atoms with Crippen LogP contribution in [0.25, 0.3) is 5.69 Å². The molecule has 1 aromatic carbocycles. The number of benzene rings is 1. The molecule has 3 N–H and O–H groups in total. The van der Waals surface area contributed by atoms with E-state index in [1.54, 1.807) is 12.1 Å². The molecule has 2 aromatic heterocycles. The first kappa shape index (κ1) is 18.1. The smallest absolute Gasteiger partial charge is 0.357 e. The molecule has 0 saturated carbocycles. The van der Waals surface area contributed by atoms with Crippen molar-refractivity contribution in [3.8, 4) is 11.8 Å². The van der Waals surface area contributed by atoms with Crippen LogP contribution in [0.3, 0.4) is 0 Å². The van der Waals surface area contributed by atoms with Crippen LogP contribution in [-0.4, -0.2) is 23.6 Å². The number of anilines is 2. The highest BCUT2D eigenvalue weighted by molar-refractivity contribution is 6.34. The van der Waals surface area contributed by atoms with Gasteiger partial charge in [-0.25, -0.2) is 4.79 Å². The van der Waals surface area contributed by atoms with E-state index in [1.165, 1.54) is 42.3 Å². The molecule has 3 rings (SSSR count). The second kappa shape index (κ2) is 7.27. The Morgan fingerprint density at radius 2 is 2.15 bits per heavy atom. The highest BCUT2D eigenvalue weighted by atomic mass is 35.5. The van der Waals surface area contributed by atoms with Gasteiger partial charge in [-0.15, -0.1) is 0 Å². The van der Waals surface area contributed by atoms with Gasteiger partial charge in [0.05, 0.1) is 35.3 Å². The number of halogens is 1. The molecule has 8 nitrogen and oxygen atoms in total. The SMILES string of the molecule is COC(=O)c1c(N)c(C#N)cn1-c1ccc(Cl)c(NC(=O)c2ccco2)c1. The van der Waals surface area contributed by atoms with E-state index in [9.17, 15) is 14.9 Å². The van der Waals surface area contributed by atoms with Gasteiger partial charge in [-0.3, -0.25) is 4.79 Å². The molecule has 0 aliphatic carbocycles. The highest BCUT2D eigenvalue weighted by Crippen LogP contribution is 2.29. The zero-order chi connectivity index (χ0) is 19.6. The molecule has 3 aromatic rings. The number of esters is 1. The van der Waals surface area contributed by atoms with Crippen molar-refractivity contribution in [2.24, 2.45) is 0 Å². The number of nitrogens with zero attached hydrogens (tertiary/aromatic N) is 2. The van der Waals surface area contributed by atoms with Crippen LogP contribution >= 0.6 is 11.6 Å². The fraction of sp³-hybridized carbons (Fsp3) is 0.0556. The number of nitrogens with one attached hydrogen (secondary N) is 1. The third-order valence-electron chi connectivity index (χ3n) is 3.76. The Hall–Kier alpha value is -3.70. The van der Waals surface area contributed by atoms with Gasteiger partial charge in [0.15, 0.2) is 11.5 Å². The van der Waals surface area contributed by atoms with Crippen LogP contribution < -0.4 is 11.1 Å². The Labute approximate surface area is 158 Å². The van der Waals surface area contributed by atoms with E-state index in [1.807, 2.05) is 6.07 Å². The number of furan rings is 1. The van der Waals surface area contributed by atoms with Gasteiger partial charge in [0.2, 0.25) is 0 Å². The number of amides is 1. The molecule has 136 valence electrons. The van der Waals surface area contributed by atoms with Crippen LogP contribution in [-0.2, 0) is 4.74 Å². The Kier molecular flexibility index (Phi) is 4.88. The van der Waals surface area contributed by atoms with Gasteiger partial charge in [0.25, 0.3) is 5.91 Å². The molecule has 0 aliphatic rings. The minimum absolute atomic E-state index is 0.000293. The summed E-state index contributed by atoms with van der Waals surface area (Å²) in [6, 6.07) is 9.70. The lowest BCUT2D eigenvalue weighted by Crippen LogP contribution is -2.13. The number of hydrogen-bond acceptors (Lipinski definition) is 6. The zero-order valence-corrected chi connectivity index (χ0v) is 14.8. The Morgan fingerprint density at radius 1 is 1.37 bits per heavy atom. The average molecular weight is 385 g/mol. The van der Waals surface area contributed by atoms with Gasteiger partial charge < -0.3 is 24.8 Å². The molecule has 0 atom stereocenters. The van der Waals surface area contributed by atoms with E-state index < -0.39 is 11.9 Å². The summed E-state index contributed by atoms with van der Waals surface area (Å²) in [5.74, 6) is -1.08. The van der Waals surface area contributed by atoms with Gasteiger partial charge in [0, 0.05) is 11.9 Å². The molecule has 0 saturated heterocycles. The summed E-state index contributed by atoms with van der Waals surface area (Å²) in [5, 5.41) is 12.1. The monoisotopic (exact) mass is 384 g/mol. The average Bonchev–Trinajstić information content (AvgIpc) is 3.31. The molecule has 27 heavy (non-hydrogen) atoms. The van der Waals surface area contributed by atoms with Gasteiger partial charge in [-0.2, -0.15) is 5.26 Å². The van der Waals surface area contributed by atoms with Crippen molar-refractivity contribution in [1.29, 1.82) is 5.26 Å². The van der Waals surface area contributed by atoms with Crippen molar-refractivity contribution in [2.45, 2.75) is 0 Å². The number of ether oxygens (including phenoxy) is 1. The minimum atomic E-state index is -0.704. The quantitative estimate of drug-likeness (QED) is 0.665. The maximum Gasteiger partial charge on any atom is 0.357 e. The van der Waals surface area contributed by atoms with E-state index in [-0.39, 0.29) is 33.4 Å². The summed E-state index contributed by atoms with van der Waals surface area (Å²) in [6.07, 6.45) is 2.78. The molecular weight excluding hydrogens is 372 g/mol. The van der Waals surface area contributed by atoms with Gasteiger partial charge >= 0.3 is 5.97 Å². The van der Waals surface area contributed by atoms with Crippen molar-refractivity contribution in [1.82, 2.24) is 4.57 Å². The molecule has 0 unspecified atom stereocenters. The largest absolute Gasteiger partial charge is 0.464 e. The van der Waals surface area contributed by atoms with Crippen molar-refractivity contribution >= 4 is 34.9 Å². The molecule has 1 amide bonds. The summed E-state index contributed by atoms with van der Waals surface area (Å²) in [5.41, 5.74) is 6.74. The first-order valence-corrected chi connectivity index (χ1v) is 7.98. The third kappa shape index (κ3) is 3.36. The van der Waals surface area contributed by atoms with Gasteiger partial charge in [0.1, 0.15) is 6.07 Å². The zero-order valence-electron chi connectivity index (χ0n) is 14.0. The molecule has 2 heterocycles. The van der Waals surface area contributed by atoms with Crippen LogP contribution in [0.15, 0.2) is 47.2 Å². The first-order chi connectivity index (χ1) is 13.0. The van der Waals surface area contributed by atoms with Crippen LogP contribution in [0.4, 0.5) is 11.4 Å². The Morgan fingerprint density at radius 3 is 2.78 bits per heavy atom. The van der Waals surface area contributed by atoms with Gasteiger partial charge in [-0.05, 0) is 30.3 Å². The van der Waals surface area contributed by atoms with Crippen molar-refractivity contribution in [3.05, 3.63) is 64.8 Å². The molecule has 0 radical (unpaired) electrons. The summed E-state index contributed by atoms with van der Waals surface area (Å²) in [6.45, 7) is 0. The number of hydrogen-bond donors (Lipinski definition) is 2. The third-order valence-corrected chi connectivity index (χ3v) is 4.09. The van der Waals surface area contributed by atoms with Crippen molar-refractivity contribution in [3.63, 3.8) is 0 Å². The van der Waals surface area contributed by atoms with Crippen LogP contribution in [0.2, 0.25) is 5.02 Å². The molecule has 0 bridgehead atoms. The summed E-state index contributed by atoms with van der Waals surface area (Å²) >= 11 is 6.16. The van der Waals surface area contributed by atoms with E-state index in [0.717, 1.165) is 0 Å². The maximum absolute atomic E-state index is 12.2. The van der Waals surface area contributed by atoms with E-state index in [4.69, 9.17) is 26.5 Å². The minimum Gasteiger partial charge on any atom is -0.464 e. The van der Waals surface area contributed by atoms with E-state index in [0.29, 0.717) is 5.69 Å². The molecule has 0 spiro atoms. The topological polar surface area (TPSA) is 123 Å². The molecule has 9 heteroatoms. The number of nitrogen functional groups attached to an aromatic ring is 1. The number of nitrogens with two attached hydrogens (primary N) is 1. The summed E-state index contributed by atoms with van der Waals surface area (Å²) in [4.78, 5) is 24.3. The first-order valence-electron chi connectivity index (χ1n) is 7.60. The number of nitriles is 1. The van der Waals surface area contributed by atoms with Crippen LogP contribution in [0.1, 0.15) is 26.6 Å². The van der Waals surface area contributed by atoms with Crippen LogP contribution in [0.5, 0.6) is 0 Å². The standard InChI is InChI=1S/C18H13ClN4O4/c1-26-18(25)16-15(21)10(8-20)9-23(16)11-4-5-12(19)13(7-11)22-17(24)14-3-2-6-27-14/h2-7,9H,21H2,1H3,(H,22,24). The predicted octanol–water partition coefficient (Wildman–Crippen LogP) is 3.22. The van der Waals surface area contributed by atoms with Crippen LogP contribution in [0, 0.1) is 11.3 Å². The number of methoxy groups -OCH3 is 1. The van der Waals surface area contributed by atoms with Gasteiger partial charge in [-0.1, -0.05) is 11.6 Å². The Balaban J connectivity index is 2.05. The number of aromatic nitrogens is 1. The summed E-state index contributed by atoms with van der Waals surface area (Å²) in [7, 11) is 1.21. The fourth-order valence-corrected chi connectivity index (χ4v) is 2.63. The van der Waals surface area contributed by atoms with Crippen molar-refractivity contribution < 1.29 is 18.7 Å². The lowest BCUT2D eigenvalue weighted by Gasteiger charge is -2.12. The predicted molar refractivity (Wildman–Crippen MR) is 97.9 cm³/mol. The second-order valence-electron chi connectivity index (χ2n) is 5.37. The molecule has 0 aliphatic heterocycles. The number of carbonyl (C=O) groups is 2. The van der Waals surface area contributed by atoms with E-state index >= 15 is 0 Å². The lowest BCUT2D eigenvalue weighted by atomic mass is 10.2. The van der Waals surface area contributed by atoms with Crippen molar-refractivity contribution in [2.75, 3.05) is 18.2 Å². The summed E-state index contributed by atoms with van der Waals surface area (Å²) < 4.78 is 11.2. The Bertz CT molecular complexity index is 1060. The fourth-order valence-electron chi connectivity index (χ4n) is 2.47. The molecular formula is C18H13ClN4O4. The highest BCUT2D eigenvalue weighted by Gasteiger charge is 2.22. The normalized spacial score (nSPS) is 10.3. The molecule has 0 fully saturated rings. The van der Waals surface area contributed by atoms with E-state index in [2.05, 4.69) is 5.32 Å². The number of carbonyl (C=O) groups excluding carboxylic acids is 2. The number of rotatable bonds is 4. The lowest BCUT2D eigenvalue weighted by molar-refractivity contribution is 0.0593.